The SMILES string of the molecule is C[C@@H]1CCC(=O)CCN1C(=O)OCc1ccccc1. The van der Waals surface area contributed by atoms with Gasteiger partial charge in [-0.15, -0.1) is 0 Å². The molecule has 1 saturated heterocycles. The number of carbonyl (C=O) groups is 2. The van der Waals surface area contributed by atoms with Crippen molar-refractivity contribution in [3.05, 3.63) is 35.9 Å². The zero-order valence-corrected chi connectivity index (χ0v) is 11.2. The van der Waals surface area contributed by atoms with Gasteiger partial charge in [0.15, 0.2) is 0 Å². The largest absolute Gasteiger partial charge is 0.445 e. The molecular formula is C15H19NO3. The smallest absolute Gasteiger partial charge is 0.410 e. The van der Waals surface area contributed by atoms with Gasteiger partial charge in [-0.2, -0.15) is 0 Å². The summed E-state index contributed by atoms with van der Waals surface area (Å²) in [6.45, 7) is 2.70. The lowest BCUT2D eigenvalue weighted by atomic mass is 10.1. The van der Waals surface area contributed by atoms with E-state index >= 15 is 0 Å². The van der Waals surface area contributed by atoms with Crippen molar-refractivity contribution < 1.29 is 14.3 Å². The summed E-state index contributed by atoms with van der Waals surface area (Å²) in [5.41, 5.74) is 0.967. The number of Topliss-reactive ketones (excluding diaryl/α,β-unsaturated/α-hetero) is 1. The van der Waals surface area contributed by atoms with E-state index in [0.29, 0.717) is 19.4 Å². The Balaban J connectivity index is 1.90. The number of likely N-dealkylation sites (tertiary alicyclic amines) is 1. The minimum Gasteiger partial charge on any atom is -0.445 e. The number of rotatable bonds is 2. The van der Waals surface area contributed by atoms with Gasteiger partial charge in [0.2, 0.25) is 0 Å². The van der Waals surface area contributed by atoms with Crippen LogP contribution in [-0.4, -0.2) is 29.4 Å². The molecule has 1 heterocycles. The summed E-state index contributed by atoms with van der Waals surface area (Å²) in [5.74, 6) is 0.227. The fraction of sp³-hybridized carbons (Fsp3) is 0.467. The van der Waals surface area contributed by atoms with E-state index in [0.717, 1.165) is 12.0 Å². The van der Waals surface area contributed by atoms with E-state index < -0.39 is 0 Å². The average Bonchev–Trinajstić information content (AvgIpc) is 2.60. The van der Waals surface area contributed by atoms with Gasteiger partial charge in [0, 0.05) is 25.4 Å². The number of nitrogens with zero attached hydrogens (tertiary/aromatic N) is 1. The average molecular weight is 261 g/mol. The molecule has 1 fully saturated rings. The highest BCUT2D eigenvalue weighted by Gasteiger charge is 2.25. The highest BCUT2D eigenvalue weighted by Crippen LogP contribution is 2.16. The van der Waals surface area contributed by atoms with Crippen molar-refractivity contribution in [2.45, 2.75) is 38.8 Å². The minimum absolute atomic E-state index is 0.0646. The quantitative estimate of drug-likeness (QED) is 0.822. The molecule has 102 valence electrons. The molecule has 0 bridgehead atoms. The van der Waals surface area contributed by atoms with E-state index in [9.17, 15) is 9.59 Å². The summed E-state index contributed by atoms with van der Waals surface area (Å²) in [6.07, 6.45) is 1.39. The molecule has 1 aliphatic rings. The summed E-state index contributed by atoms with van der Waals surface area (Å²) in [5, 5.41) is 0. The third kappa shape index (κ3) is 3.81. The predicted molar refractivity (Wildman–Crippen MR) is 71.7 cm³/mol. The fourth-order valence-corrected chi connectivity index (χ4v) is 2.19. The second-order valence-corrected chi connectivity index (χ2v) is 4.91. The van der Waals surface area contributed by atoms with E-state index in [1.807, 2.05) is 37.3 Å². The topological polar surface area (TPSA) is 46.6 Å². The maximum Gasteiger partial charge on any atom is 0.410 e. The molecular weight excluding hydrogens is 242 g/mol. The lowest BCUT2D eigenvalue weighted by Crippen LogP contribution is -2.38. The maximum atomic E-state index is 12.0. The number of ether oxygens (including phenoxy) is 1. The van der Waals surface area contributed by atoms with Crippen molar-refractivity contribution in [2.24, 2.45) is 0 Å². The standard InChI is InChI=1S/C15H19NO3/c1-12-7-8-14(17)9-10-16(12)15(18)19-11-13-5-3-2-4-6-13/h2-6,12H,7-11H2,1H3/t12-/m1/s1. The number of hydrogen-bond donors (Lipinski definition) is 0. The van der Waals surface area contributed by atoms with Crippen molar-refractivity contribution in [1.29, 1.82) is 0 Å². The van der Waals surface area contributed by atoms with Gasteiger partial charge in [-0.05, 0) is 18.9 Å². The van der Waals surface area contributed by atoms with Gasteiger partial charge in [-0.1, -0.05) is 30.3 Å². The van der Waals surface area contributed by atoms with E-state index in [1.165, 1.54) is 0 Å². The normalized spacial score (nSPS) is 19.9. The highest BCUT2D eigenvalue weighted by molar-refractivity contribution is 5.80. The number of benzene rings is 1. The van der Waals surface area contributed by atoms with Crippen LogP contribution < -0.4 is 0 Å². The van der Waals surface area contributed by atoms with Crippen LogP contribution in [-0.2, 0) is 16.1 Å². The Hall–Kier alpha value is -1.84. The van der Waals surface area contributed by atoms with Crippen molar-refractivity contribution >= 4 is 11.9 Å². The van der Waals surface area contributed by atoms with Crippen LogP contribution in [0.4, 0.5) is 4.79 Å². The molecule has 0 spiro atoms. The molecule has 1 aromatic rings. The first-order valence-corrected chi connectivity index (χ1v) is 6.66. The third-order valence-electron chi connectivity index (χ3n) is 3.44. The molecule has 1 amide bonds. The first-order valence-electron chi connectivity index (χ1n) is 6.66. The number of carbonyl (C=O) groups excluding carboxylic acids is 2. The molecule has 4 nitrogen and oxygen atoms in total. The van der Waals surface area contributed by atoms with Crippen molar-refractivity contribution in [2.75, 3.05) is 6.54 Å². The fourth-order valence-electron chi connectivity index (χ4n) is 2.19. The molecule has 2 rings (SSSR count). The summed E-state index contributed by atoms with van der Waals surface area (Å²) in [7, 11) is 0. The number of amides is 1. The Morgan fingerprint density at radius 3 is 2.79 bits per heavy atom. The Labute approximate surface area is 113 Å². The first kappa shape index (κ1) is 13.6. The van der Waals surface area contributed by atoms with Crippen LogP contribution >= 0.6 is 0 Å². The Morgan fingerprint density at radius 1 is 1.32 bits per heavy atom. The molecule has 0 unspecified atom stereocenters. The molecule has 4 heteroatoms. The van der Waals surface area contributed by atoms with E-state index in [1.54, 1.807) is 4.90 Å². The van der Waals surface area contributed by atoms with E-state index in [2.05, 4.69) is 0 Å². The molecule has 19 heavy (non-hydrogen) atoms. The second kappa shape index (κ2) is 6.36. The maximum absolute atomic E-state index is 12.0. The van der Waals surface area contributed by atoms with Crippen LogP contribution in [0.5, 0.6) is 0 Å². The van der Waals surface area contributed by atoms with Gasteiger partial charge in [0.1, 0.15) is 12.4 Å². The Morgan fingerprint density at radius 2 is 2.05 bits per heavy atom. The van der Waals surface area contributed by atoms with Crippen LogP contribution in [0.15, 0.2) is 30.3 Å². The summed E-state index contributed by atoms with van der Waals surface area (Å²) >= 11 is 0. The van der Waals surface area contributed by atoms with Gasteiger partial charge in [-0.25, -0.2) is 4.79 Å². The molecule has 0 N–H and O–H groups in total. The molecule has 1 aliphatic heterocycles. The first-order chi connectivity index (χ1) is 9.16. The van der Waals surface area contributed by atoms with Gasteiger partial charge < -0.3 is 9.64 Å². The van der Waals surface area contributed by atoms with Gasteiger partial charge in [0.05, 0.1) is 0 Å². The second-order valence-electron chi connectivity index (χ2n) is 4.91. The van der Waals surface area contributed by atoms with Gasteiger partial charge in [0.25, 0.3) is 0 Å². The monoisotopic (exact) mass is 261 g/mol. The molecule has 1 aromatic carbocycles. The molecule has 0 radical (unpaired) electrons. The van der Waals surface area contributed by atoms with E-state index in [-0.39, 0.29) is 24.5 Å². The van der Waals surface area contributed by atoms with Crippen molar-refractivity contribution in [3.63, 3.8) is 0 Å². The summed E-state index contributed by atoms with van der Waals surface area (Å²) in [6, 6.07) is 9.65. The van der Waals surface area contributed by atoms with Gasteiger partial charge >= 0.3 is 6.09 Å². The third-order valence-corrected chi connectivity index (χ3v) is 3.44. The van der Waals surface area contributed by atoms with Gasteiger partial charge in [-0.3, -0.25) is 4.79 Å². The lowest BCUT2D eigenvalue weighted by Gasteiger charge is -2.25. The van der Waals surface area contributed by atoms with Crippen molar-refractivity contribution in [1.82, 2.24) is 4.90 Å². The van der Waals surface area contributed by atoms with Crippen LogP contribution in [0.2, 0.25) is 0 Å². The Bertz CT molecular complexity index is 444. The number of hydrogen-bond acceptors (Lipinski definition) is 3. The van der Waals surface area contributed by atoms with Crippen LogP contribution in [0.1, 0.15) is 31.7 Å². The zero-order valence-electron chi connectivity index (χ0n) is 11.2. The summed E-state index contributed by atoms with van der Waals surface area (Å²) in [4.78, 5) is 25.1. The molecule has 1 atom stereocenters. The Kier molecular flexibility index (Phi) is 4.55. The molecule has 0 aromatic heterocycles. The van der Waals surface area contributed by atoms with Crippen LogP contribution in [0.3, 0.4) is 0 Å². The molecule has 0 aliphatic carbocycles. The number of ketones is 1. The summed E-state index contributed by atoms with van der Waals surface area (Å²) < 4.78 is 5.30. The van der Waals surface area contributed by atoms with E-state index in [4.69, 9.17) is 4.74 Å². The highest BCUT2D eigenvalue weighted by atomic mass is 16.6. The van der Waals surface area contributed by atoms with Crippen LogP contribution in [0, 0.1) is 0 Å². The van der Waals surface area contributed by atoms with Crippen molar-refractivity contribution in [3.8, 4) is 0 Å². The zero-order chi connectivity index (χ0) is 13.7. The lowest BCUT2D eigenvalue weighted by molar-refractivity contribution is -0.118. The molecule has 0 saturated carbocycles. The predicted octanol–water partition coefficient (Wildman–Crippen LogP) is 2.77. The minimum atomic E-state index is -0.328. The van der Waals surface area contributed by atoms with Crippen LogP contribution in [0.25, 0.3) is 0 Å².